The average molecular weight is 588 g/mol. The average Bonchev–Trinajstić information content (AvgIpc) is 3.62. The minimum atomic E-state index is -4.90. The Balaban J connectivity index is 1.49. The molecule has 0 spiro atoms. The number of halogens is 3. The summed E-state index contributed by atoms with van der Waals surface area (Å²) < 4.78 is 53.5. The third kappa shape index (κ3) is 5.71. The van der Waals surface area contributed by atoms with Crippen LogP contribution < -0.4 is 25.2 Å². The first-order chi connectivity index (χ1) is 19.6. The van der Waals surface area contributed by atoms with E-state index in [0.717, 1.165) is 16.9 Å². The molecule has 13 heteroatoms. The summed E-state index contributed by atoms with van der Waals surface area (Å²) in [6, 6.07) is 13.3. The molecule has 1 aliphatic rings. The van der Waals surface area contributed by atoms with Crippen LogP contribution in [-0.2, 0) is 17.5 Å². The Morgan fingerprint density at radius 2 is 1.90 bits per heavy atom. The Morgan fingerprint density at radius 3 is 2.59 bits per heavy atom. The van der Waals surface area contributed by atoms with Crippen LogP contribution in [0.5, 0.6) is 11.5 Å². The number of benzene rings is 2. The number of carbonyl (C=O) groups is 1. The Morgan fingerprint density at radius 1 is 1.15 bits per heavy atom. The van der Waals surface area contributed by atoms with Crippen molar-refractivity contribution >= 4 is 32.7 Å². The van der Waals surface area contributed by atoms with Gasteiger partial charge in [0.15, 0.2) is 15.5 Å². The van der Waals surface area contributed by atoms with Crippen LogP contribution in [0.3, 0.4) is 0 Å². The molecule has 3 heterocycles. The monoisotopic (exact) mass is 587 g/mol. The third-order valence-corrected chi connectivity index (χ3v) is 8.03. The zero-order chi connectivity index (χ0) is 29.3. The van der Waals surface area contributed by atoms with Crippen molar-refractivity contribution in [2.75, 3.05) is 25.7 Å². The Hall–Kier alpha value is -4.13. The van der Waals surface area contributed by atoms with Gasteiger partial charge in [-0.05, 0) is 37.5 Å². The quantitative estimate of drug-likeness (QED) is 0.317. The smallest absolute Gasteiger partial charge is 0.449 e. The standard InChI is InChI=1S/C28H28F3N5O4S/c1-16(17-8-5-4-6-9-17)32-23(37)20-10-7-13-35(20)27-33-22-24(41-27)34-26(28(29,30)31)36(25(22)38)15-18-11-12-19(39-2)14-21(18)40-3/h4-6,8-9,11-12,14,16,20H,7,10,13,15H2,1-3H3,(H,32,37)/t16-,20-/m1/s1. The molecule has 1 saturated heterocycles. The highest BCUT2D eigenvalue weighted by Crippen LogP contribution is 2.35. The van der Waals surface area contributed by atoms with Crippen molar-refractivity contribution < 1.29 is 27.4 Å². The van der Waals surface area contributed by atoms with Crippen LogP contribution in [0.4, 0.5) is 18.3 Å². The normalized spacial score (nSPS) is 16.1. The number of ether oxygens (including phenoxy) is 2. The van der Waals surface area contributed by atoms with Crippen LogP contribution in [0.2, 0.25) is 0 Å². The van der Waals surface area contributed by atoms with Gasteiger partial charge in [-0.2, -0.15) is 13.2 Å². The molecule has 5 rings (SSSR count). The molecule has 0 aliphatic carbocycles. The van der Waals surface area contributed by atoms with E-state index >= 15 is 0 Å². The molecule has 0 bridgehead atoms. The molecular formula is C28H28F3N5O4S. The summed E-state index contributed by atoms with van der Waals surface area (Å²) in [5.74, 6) is -0.838. The van der Waals surface area contributed by atoms with Gasteiger partial charge in [0.05, 0.1) is 26.8 Å². The summed E-state index contributed by atoms with van der Waals surface area (Å²) in [6.07, 6.45) is -3.66. The fourth-order valence-corrected chi connectivity index (χ4v) is 5.95. The molecule has 1 amide bonds. The number of amides is 1. The lowest BCUT2D eigenvalue weighted by molar-refractivity contribution is -0.147. The number of aromatic nitrogens is 3. The van der Waals surface area contributed by atoms with Crippen LogP contribution in [-0.4, -0.2) is 47.2 Å². The molecule has 1 aliphatic heterocycles. The summed E-state index contributed by atoms with van der Waals surface area (Å²) in [4.78, 5) is 36.5. The van der Waals surface area contributed by atoms with E-state index in [4.69, 9.17) is 9.47 Å². The second kappa shape index (κ2) is 11.4. The van der Waals surface area contributed by atoms with E-state index in [2.05, 4.69) is 15.3 Å². The number of hydrogen-bond acceptors (Lipinski definition) is 8. The first-order valence-electron chi connectivity index (χ1n) is 12.9. The number of alkyl halides is 3. The van der Waals surface area contributed by atoms with Crippen LogP contribution in [0.15, 0.2) is 53.3 Å². The molecule has 216 valence electrons. The lowest BCUT2D eigenvalue weighted by Crippen LogP contribution is -2.44. The number of methoxy groups -OCH3 is 2. The van der Waals surface area contributed by atoms with Gasteiger partial charge in [0.2, 0.25) is 11.7 Å². The van der Waals surface area contributed by atoms with Gasteiger partial charge in [-0.15, -0.1) is 0 Å². The van der Waals surface area contributed by atoms with Gasteiger partial charge in [0.25, 0.3) is 5.56 Å². The number of anilines is 1. The number of nitrogens with zero attached hydrogens (tertiary/aromatic N) is 4. The highest BCUT2D eigenvalue weighted by atomic mass is 32.1. The number of hydrogen-bond donors (Lipinski definition) is 1. The number of carbonyl (C=O) groups excluding carboxylic acids is 1. The van der Waals surface area contributed by atoms with Crippen molar-refractivity contribution in [2.45, 2.75) is 44.6 Å². The first-order valence-corrected chi connectivity index (χ1v) is 13.7. The lowest BCUT2D eigenvalue weighted by Gasteiger charge is -2.25. The highest BCUT2D eigenvalue weighted by molar-refractivity contribution is 7.21. The summed E-state index contributed by atoms with van der Waals surface area (Å²) >= 11 is 0.872. The predicted molar refractivity (Wildman–Crippen MR) is 149 cm³/mol. The Labute approximate surface area is 237 Å². The Kier molecular flexibility index (Phi) is 7.89. The summed E-state index contributed by atoms with van der Waals surface area (Å²) in [7, 11) is 2.83. The van der Waals surface area contributed by atoms with E-state index in [1.165, 1.54) is 26.4 Å². The van der Waals surface area contributed by atoms with Crippen LogP contribution in [0.25, 0.3) is 10.3 Å². The van der Waals surface area contributed by atoms with Gasteiger partial charge in [0.1, 0.15) is 17.5 Å². The van der Waals surface area contributed by atoms with Crippen molar-refractivity contribution in [2.24, 2.45) is 0 Å². The lowest BCUT2D eigenvalue weighted by atomic mass is 10.1. The molecule has 1 fully saturated rings. The van der Waals surface area contributed by atoms with Crippen molar-refractivity contribution in [3.05, 3.63) is 75.8 Å². The fraction of sp³-hybridized carbons (Fsp3) is 0.357. The van der Waals surface area contributed by atoms with E-state index in [1.807, 2.05) is 37.3 Å². The van der Waals surface area contributed by atoms with Gasteiger partial charge < -0.3 is 19.7 Å². The SMILES string of the molecule is COc1ccc(Cn2c(C(F)(F)F)nc3sc(N4CCC[C@@H]4C(=O)N[C@H](C)c4ccccc4)nc3c2=O)c(OC)c1. The zero-order valence-corrected chi connectivity index (χ0v) is 23.4. The van der Waals surface area contributed by atoms with E-state index in [1.54, 1.807) is 11.0 Å². The highest BCUT2D eigenvalue weighted by Gasteiger charge is 2.39. The van der Waals surface area contributed by atoms with Crippen molar-refractivity contribution in [3.8, 4) is 11.5 Å². The minimum absolute atomic E-state index is 0.140. The fourth-order valence-electron chi connectivity index (χ4n) is 4.94. The number of thiazole rings is 1. The van der Waals surface area contributed by atoms with Crippen LogP contribution >= 0.6 is 11.3 Å². The predicted octanol–water partition coefficient (Wildman–Crippen LogP) is 4.78. The second-order valence-corrected chi connectivity index (χ2v) is 10.6. The number of rotatable bonds is 8. The van der Waals surface area contributed by atoms with Gasteiger partial charge in [-0.3, -0.25) is 14.2 Å². The molecular weight excluding hydrogens is 559 g/mol. The van der Waals surface area contributed by atoms with Crippen molar-refractivity contribution in [3.63, 3.8) is 0 Å². The second-order valence-electron chi connectivity index (χ2n) is 9.64. The third-order valence-electron chi connectivity index (χ3n) is 7.04. The molecule has 1 N–H and O–H groups in total. The van der Waals surface area contributed by atoms with Crippen molar-refractivity contribution in [1.29, 1.82) is 0 Å². The zero-order valence-electron chi connectivity index (χ0n) is 22.6. The number of fused-ring (bicyclic) bond motifs is 1. The maximum Gasteiger partial charge on any atom is 0.449 e. The van der Waals surface area contributed by atoms with E-state index in [-0.39, 0.29) is 33.2 Å². The summed E-state index contributed by atoms with van der Waals surface area (Å²) in [5.41, 5.74) is 0.166. The molecule has 9 nitrogen and oxygen atoms in total. The molecule has 41 heavy (non-hydrogen) atoms. The summed E-state index contributed by atoms with van der Waals surface area (Å²) in [5, 5.41) is 3.29. The van der Waals surface area contributed by atoms with Crippen molar-refractivity contribution in [1.82, 2.24) is 19.9 Å². The summed E-state index contributed by atoms with van der Waals surface area (Å²) in [6.45, 7) is 1.91. The molecule has 2 aromatic carbocycles. The van der Waals surface area contributed by atoms with Gasteiger partial charge in [-0.1, -0.05) is 41.7 Å². The van der Waals surface area contributed by atoms with Gasteiger partial charge >= 0.3 is 6.18 Å². The Bertz CT molecular complexity index is 1620. The molecule has 0 unspecified atom stereocenters. The van der Waals surface area contributed by atoms with E-state index < -0.39 is 30.1 Å². The first kappa shape index (κ1) is 28.4. The topological polar surface area (TPSA) is 98.6 Å². The molecule has 2 atom stereocenters. The maximum atomic E-state index is 14.1. The molecule has 2 aromatic heterocycles. The van der Waals surface area contributed by atoms with Crippen LogP contribution in [0, 0.1) is 0 Å². The molecule has 0 saturated carbocycles. The van der Waals surface area contributed by atoms with Crippen LogP contribution in [0.1, 0.15) is 42.8 Å². The van der Waals surface area contributed by atoms with E-state index in [0.29, 0.717) is 35.3 Å². The largest absolute Gasteiger partial charge is 0.497 e. The van der Waals surface area contributed by atoms with Gasteiger partial charge in [0, 0.05) is 18.2 Å². The van der Waals surface area contributed by atoms with E-state index in [9.17, 15) is 22.8 Å². The number of nitrogens with one attached hydrogen (secondary N) is 1. The molecule has 0 radical (unpaired) electrons. The maximum absolute atomic E-state index is 14.1. The van der Waals surface area contributed by atoms with Gasteiger partial charge in [-0.25, -0.2) is 9.97 Å². The minimum Gasteiger partial charge on any atom is -0.497 e. The molecule has 4 aromatic rings.